The van der Waals surface area contributed by atoms with Gasteiger partial charge in [-0.25, -0.2) is 18.6 Å². The average Bonchev–Trinajstić information content (AvgIpc) is 3.36. The second kappa shape index (κ2) is 7.29. The number of carbonyl (C=O) groups is 1. The molecule has 1 aromatic carbocycles. The van der Waals surface area contributed by atoms with Crippen molar-refractivity contribution in [3.8, 4) is 17.0 Å². The second-order valence-electron chi connectivity index (χ2n) is 10.1. The van der Waals surface area contributed by atoms with E-state index in [2.05, 4.69) is 4.98 Å². The van der Waals surface area contributed by atoms with Crippen LogP contribution >= 0.6 is 0 Å². The number of nitrogens with one attached hydrogen (secondary N) is 1. The Morgan fingerprint density at radius 2 is 1.97 bits per heavy atom. The van der Waals surface area contributed by atoms with Gasteiger partial charge in [0.2, 0.25) is 5.69 Å². The predicted molar refractivity (Wildman–Crippen MR) is 117 cm³/mol. The topological polar surface area (TPSA) is 59.1 Å². The molecule has 2 aromatic heterocycles. The first-order valence-electron chi connectivity index (χ1n) is 11.9. The Bertz CT molecular complexity index is 1500. The van der Waals surface area contributed by atoms with Crippen molar-refractivity contribution < 1.29 is 45.4 Å². The molecule has 1 saturated carbocycles. The summed E-state index contributed by atoms with van der Waals surface area (Å²) in [5.41, 5.74) is -3.47. The molecule has 3 aromatic rings. The fraction of sp³-hybridized carbons (Fsp3) is 0.423. The molecule has 11 heteroatoms. The molecule has 4 atom stereocenters. The van der Waals surface area contributed by atoms with Crippen LogP contribution in [0.3, 0.4) is 0 Å². The Kier molecular flexibility index (Phi) is 4.70. The summed E-state index contributed by atoms with van der Waals surface area (Å²) in [5.74, 6) is -3.36. The smallest absolute Gasteiger partial charge is 0.422 e. The minimum absolute atomic E-state index is 0.128. The molecular weight excluding hydrogens is 497 g/mol. The number of hydrogen-bond donors (Lipinski definition) is 1. The fourth-order valence-electron chi connectivity index (χ4n) is 7.21. The van der Waals surface area contributed by atoms with Gasteiger partial charge in [-0.2, -0.15) is 22.3 Å². The van der Waals surface area contributed by atoms with Crippen molar-refractivity contribution in [2.75, 3.05) is 7.11 Å². The highest BCUT2D eigenvalue weighted by molar-refractivity contribution is 5.86. The van der Waals surface area contributed by atoms with Crippen LogP contribution in [0.4, 0.5) is 22.0 Å². The maximum absolute atomic E-state index is 15.9. The van der Waals surface area contributed by atoms with Crippen molar-refractivity contribution in [2.45, 2.75) is 57.0 Å². The molecule has 4 unspecified atom stereocenters. The van der Waals surface area contributed by atoms with E-state index in [9.17, 15) is 18.0 Å². The molecule has 0 spiro atoms. The number of nitrogens with zero attached hydrogens (tertiary/aromatic N) is 2. The molecule has 6 nitrogen and oxygen atoms in total. The lowest BCUT2D eigenvalue weighted by molar-refractivity contribution is -0.807. The highest BCUT2D eigenvalue weighted by atomic mass is 19.4. The number of esters is 1. The van der Waals surface area contributed by atoms with Crippen LogP contribution in [0, 0.1) is 24.5 Å². The molecule has 1 N–H and O–H groups in total. The van der Waals surface area contributed by atoms with Crippen LogP contribution in [0.5, 0.6) is 5.75 Å². The Morgan fingerprint density at radius 3 is 2.62 bits per heavy atom. The van der Waals surface area contributed by atoms with Crippen LogP contribution in [-0.4, -0.2) is 18.1 Å². The average molecular weight is 521 g/mol. The number of aromatic nitrogens is 3. The van der Waals surface area contributed by atoms with Gasteiger partial charge in [-0.1, -0.05) is 6.92 Å². The number of aromatic amines is 1. The third-order valence-electron chi connectivity index (χ3n) is 8.78. The van der Waals surface area contributed by atoms with Gasteiger partial charge in [0.05, 0.1) is 30.1 Å². The molecular formula is C26H24F5N3O3+2. The zero-order chi connectivity index (χ0) is 26.7. The van der Waals surface area contributed by atoms with Crippen LogP contribution in [0.25, 0.3) is 11.3 Å². The number of cyclic esters (lactones) is 1. The molecule has 0 bridgehead atoms. The van der Waals surface area contributed by atoms with E-state index in [0.717, 1.165) is 6.07 Å². The molecule has 0 saturated heterocycles. The minimum atomic E-state index is -5.24. The lowest BCUT2D eigenvalue weighted by atomic mass is 9.42. The Hall–Kier alpha value is -3.50. The van der Waals surface area contributed by atoms with Crippen LogP contribution in [0.1, 0.15) is 60.4 Å². The van der Waals surface area contributed by atoms with Crippen molar-refractivity contribution in [3.05, 3.63) is 64.9 Å². The summed E-state index contributed by atoms with van der Waals surface area (Å²) in [7, 11) is 1.40. The molecule has 37 heavy (non-hydrogen) atoms. The standard InChI is InChI=1S/C26H23F5N3O3/c1-5-25-14-9-16(27)20(26(29,30)31)21(28)19(14)17-8-13(36-4)6-7-33(17)24(25,3)10-15(25)22-34-12(2)32-11-18(34)23(35)37-22/h6-9,11,15,22H,5,10H2,1-4H3/q+1/p+1. The SMILES string of the molecule is CCC12c3cc(F)c(C(F)(F)F)c(F)c3-c3cc(OC)cc[n+]3C1(C)CC2C1OC(=O)c2c[nH]c(C)[n+]21. The van der Waals surface area contributed by atoms with Gasteiger partial charge in [0, 0.05) is 26.3 Å². The van der Waals surface area contributed by atoms with Crippen molar-refractivity contribution in [3.63, 3.8) is 0 Å². The first-order valence-corrected chi connectivity index (χ1v) is 11.9. The molecule has 0 amide bonds. The maximum Gasteiger partial charge on any atom is 0.422 e. The van der Waals surface area contributed by atoms with E-state index in [1.54, 1.807) is 28.3 Å². The lowest BCUT2D eigenvalue weighted by Crippen LogP contribution is -2.80. The number of imidazole rings is 1. The predicted octanol–water partition coefficient (Wildman–Crippen LogP) is 4.64. The van der Waals surface area contributed by atoms with Crippen LogP contribution in [0.2, 0.25) is 0 Å². The Balaban J connectivity index is 1.67. The van der Waals surface area contributed by atoms with E-state index >= 15 is 8.78 Å². The second-order valence-corrected chi connectivity index (χ2v) is 10.1. The highest BCUT2D eigenvalue weighted by Gasteiger charge is 2.76. The summed E-state index contributed by atoms with van der Waals surface area (Å²) in [5, 5.41) is 0. The van der Waals surface area contributed by atoms with Crippen molar-refractivity contribution in [2.24, 2.45) is 5.92 Å². The Morgan fingerprint density at radius 1 is 1.24 bits per heavy atom. The van der Waals surface area contributed by atoms with Crippen molar-refractivity contribution in [1.29, 1.82) is 0 Å². The molecule has 3 aliphatic rings. The largest absolute Gasteiger partial charge is 0.496 e. The van der Waals surface area contributed by atoms with Gasteiger partial charge in [0.25, 0.3) is 17.7 Å². The quantitative estimate of drug-likeness (QED) is 0.311. The van der Waals surface area contributed by atoms with Crippen LogP contribution in [0.15, 0.2) is 30.6 Å². The number of ether oxygens (including phenoxy) is 2. The van der Waals surface area contributed by atoms with Crippen molar-refractivity contribution in [1.82, 2.24) is 4.98 Å². The van der Waals surface area contributed by atoms with Gasteiger partial charge in [0.15, 0.2) is 17.6 Å². The number of pyridine rings is 1. The molecule has 4 heterocycles. The van der Waals surface area contributed by atoms with E-state index in [1.807, 2.05) is 13.8 Å². The zero-order valence-electron chi connectivity index (χ0n) is 20.5. The van der Waals surface area contributed by atoms with Crippen LogP contribution in [-0.2, 0) is 21.9 Å². The highest BCUT2D eigenvalue weighted by Crippen LogP contribution is 2.67. The van der Waals surface area contributed by atoms with Gasteiger partial charge in [-0.3, -0.25) is 0 Å². The summed E-state index contributed by atoms with van der Waals surface area (Å²) >= 11 is 0. The number of fused-ring (bicyclic) bond motifs is 7. The van der Waals surface area contributed by atoms with E-state index in [1.165, 1.54) is 19.4 Å². The van der Waals surface area contributed by atoms with Gasteiger partial charge < -0.3 is 9.47 Å². The summed E-state index contributed by atoms with van der Waals surface area (Å²) in [6.07, 6.45) is -2.05. The summed E-state index contributed by atoms with van der Waals surface area (Å²) in [4.78, 5) is 15.6. The number of benzene rings is 1. The molecule has 2 aliphatic heterocycles. The summed E-state index contributed by atoms with van der Waals surface area (Å²) in [6.45, 7) is 5.53. The first kappa shape index (κ1) is 23.9. The number of alkyl halides is 3. The van der Waals surface area contributed by atoms with Crippen molar-refractivity contribution >= 4 is 5.97 Å². The van der Waals surface area contributed by atoms with Gasteiger partial charge in [-0.05, 0) is 18.1 Å². The molecule has 6 rings (SSSR count). The number of rotatable bonds is 3. The monoisotopic (exact) mass is 521 g/mol. The number of halogens is 5. The number of methoxy groups -OCH3 is 1. The minimum Gasteiger partial charge on any atom is -0.496 e. The van der Waals surface area contributed by atoms with E-state index < -0.39 is 52.4 Å². The lowest BCUT2D eigenvalue weighted by Gasteiger charge is -2.61. The van der Waals surface area contributed by atoms with Gasteiger partial charge in [-0.15, -0.1) is 0 Å². The molecule has 194 valence electrons. The normalized spacial score (nSPS) is 27.5. The molecule has 1 aliphatic carbocycles. The number of carbonyl (C=O) groups excluding carboxylic acids is 1. The van der Waals surface area contributed by atoms with E-state index in [0.29, 0.717) is 30.1 Å². The summed E-state index contributed by atoms with van der Waals surface area (Å²) in [6, 6.07) is 3.94. The number of H-pyrrole nitrogens is 1. The maximum atomic E-state index is 15.9. The van der Waals surface area contributed by atoms with E-state index in [-0.39, 0.29) is 16.8 Å². The number of aryl methyl sites for hydroxylation is 1. The molecule has 1 fully saturated rings. The fourth-order valence-corrected chi connectivity index (χ4v) is 7.21. The van der Waals surface area contributed by atoms with Gasteiger partial charge >= 0.3 is 12.1 Å². The third-order valence-corrected chi connectivity index (χ3v) is 8.78. The molecule has 0 radical (unpaired) electrons. The third kappa shape index (κ3) is 2.72. The van der Waals surface area contributed by atoms with Gasteiger partial charge in [0.1, 0.15) is 23.3 Å². The first-order chi connectivity index (χ1) is 17.4. The van der Waals surface area contributed by atoms with Crippen LogP contribution < -0.4 is 13.9 Å². The zero-order valence-corrected chi connectivity index (χ0v) is 20.5. The van der Waals surface area contributed by atoms with E-state index in [4.69, 9.17) is 9.47 Å². The number of hydrogen-bond acceptors (Lipinski definition) is 3. The Labute approximate surface area is 208 Å². The summed E-state index contributed by atoms with van der Waals surface area (Å²) < 4.78 is 87.0.